The van der Waals surface area contributed by atoms with E-state index >= 15 is 0 Å². The van der Waals surface area contributed by atoms with E-state index in [1.165, 1.54) is 5.56 Å². The first-order chi connectivity index (χ1) is 13.0. The van der Waals surface area contributed by atoms with Crippen LogP contribution in [0.2, 0.25) is 0 Å². The van der Waals surface area contributed by atoms with Crippen molar-refractivity contribution in [3.05, 3.63) is 64.1 Å². The van der Waals surface area contributed by atoms with Crippen LogP contribution in [0.1, 0.15) is 29.8 Å². The molecular formula is C22H27BrN2O2. The summed E-state index contributed by atoms with van der Waals surface area (Å²) in [6, 6.07) is 16.1. The van der Waals surface area contributed by atoms with Gasteiger partial charge in [-0.1, -0.05) is 44.2 Å². The number of nitrogens with zero attached hydrogens (tertiary/aromatic N) is 2. The van der Waals surface area contributed by atoms with E-state index < -0.39 is 0 Å². The van der Waals surface area contributed by atoms with E-state index in [1.54, 1.807) is 0 Å². The van der Waals surface area contributed by atoms with Crippen molar-refractivity contribution in [2.45, 2.75) is 20.4 Å². The van der Waals surface area contributed by atoms with Gasteiger partial charge in [0.05, 0.1) is 11.1 Å². The van der Waals surface area contributed by atoms with E-state index in [0.717, 1.165) is 42.9 Å². The standard InChI is InChI=1S/C22H27BrN2O2/c1-17(2)16-27-21-9-8-19(14-20(21)23)22(26)25-12-10-24(11-13-25)15-18-6-4-3-5-7-18/h3-9,14,17H,10-13,15-16H2,1-2H3. The molecule has 1 saturated heterocycles. The number of amides is 1. The summed E-state index contributed by atoms with van der Waals surface area (Å²) in [7, 11) is 0. The van der Waals surface area contributed by atoms with Gasteiger partial charge in [-0.25, -0.2) is 0 Å². The molecule has 2 aromatic carbocycles. The molecule has 0 aromatic heterocycles. The lowest BCUT2D eigenvalue weighted by molar-refractivity contribution is 0.0628. The zero-order valence-corrected chi connectivity index (χ0v) is 17.6. The summed E-state index contributed by atoms with van der Waals surface area (Å²) in [5, 5.41) is 0. The first kappa shape index (κ1) is 19.9. The van der Waals surface area contributed by atoms with Crippen LogP contribution in [0.3, 0.4) is 0 Å². The summed E-state index contributed by atoms with van der Waals surface area (Å²) in [5.74, 6) is 1.34. The van der Waals surface area contributed by atoms with Crippen LogP contribution in [-0.4, -0.2) is 48.5 Å². The number of carbonyl (C=O) groups excluding carboxylic acids is 1. The number of hydrogen-bond acceptors (Lipinski definition) is 3. The predicted molar refractivity (Wildman–Crippen MR) is 112 cm³/mol. The van der Waals surface area contributed by atoms with Gasteiger partial charge in [-0.2, -0.15) is 0 Å². The van der Waals surface area contributed by atoms with Crippen LogP contribution < -0.4 is 4.74 Å². The molecule has 0 bridgehead atoms. The average Bonchev–Trinajstić information content (AvgIpc) is 2.68. The smallest absolute Gasteiger partial charge is 0.253 e. The Morgan fingerprint density at radius 3 is 2.41 bits per heavy atom. The molecule has 1 heterocycles. The third kappa shape index (κ3) is 5.56. The van der Waals surface area contributed by atoms with Crippen molar-refractivity contribution in [3.8, 4) is 5.75 Å². The largest absolute Gasteiger partial charge is 0.492 e. The summed E-state index contributed by atoms with van der Waals surface area (Å²) < 4.78 is 6.60. The van der Waals surface area contributed by atoms with E-state index in [9.17, 15) is 4.79 Å². The van der Waals surface area contributed by atoms with Crippen molar-refractivity contribution in [1.29, 1.82) is 0 Å². The van der Waals surface area contributed by atoms with E-state index in [-0.39, 0.29) is 5.91 Å². The SMILES string of the molecule is CC(C)COc1ccc(C(=O)N2CCN(Cc3ccccc3)CC2)cc1Br. The highest BCUT2D eigenvalue weighted by molar-refractivity contribution is 9.10. The van der Waals surface area contributed by atoms with Gasteiger partial charge in [0.15, 0.2) is 0 Å². The molecule has 4 nitrogen and oxygen atoms in total. The number of halogens is 1. The number of hydrogen-bond donors (Lipinski definition) is 0. The van der Waals surface area contributed by atoms with Gasteiger partial charge in [0.1, 0.15) is 5.75 Å². The molecule has 0 unspecified atom stereocenters. The Kier molecular flexibility index (Phi) is 6.91. The minimum Gasteiger partial charge on any atom is -0.492 e. The summed E-state index contributed by atoms with van der Waals surface area (Å²) in [6.07, 6.45) is 0. The molecule has 0 aliphatic carbocycles. The van der Waals surface area contributed by atoms with Crippen molar-refractivity contribution in [2.75, 3.05) is 32.8 Å². The number of carbonyl (C=O) groups is 1. The van der Waals surface area contributed by atoms with Crippen LogP contribution in [0.4, 0.5) is 0 Å². The second kappa shape index (κ2) is 9.38. The molecule has 3 rings (SSSR count). The second-order valence-electron chi connectivity index (χ2n) is 7.40. The summed E-state index contributed by atoms with van der Waals surface area (Å²) in [5.41, 5.74) is 2.02. The highest BCUT2D eigenvalue weighted by Gasteiger charge is 2.22. The molecule has 1 aliphatic heterocycles. The van der Waals surface area contributed by atoms with Gasteiger partial charge >= 0.3 is 0 Å². The van der Waals surface area contributed by atoms with Gasteiger partial charge in [0, 0.05) is 38.3 Å². The number of ether oxygens (including phenoxy) is 1. The highest BCUT2D eigenvalue weighted by Crippen LogP contribution is 2.27. The maximum atomic E-state index is 12.8. The first-order valence-electron chi connectivity index (χ1n) is 9.51. The molecule has 1 fully saturated rings. The number of benzene rings is 2. The van der Waals surface area contributed by atoms with Gasteiger partial charge in [-0.3, -0.25) is 9.69 Å². The van der Waals surface area contributed by atoms with Gasteiger partial charge in [-0.15, -0.1) is 0 Å². The Labute approximate surface area is 170 Å². The molecule has 144 valence electrons. The molecule has 1 aliphatic rings. The van der Waals surface area contributed by atoms with Crippen LogP contribution in [0.15, 0.2) is 53.0 Å². The quantitative estimate of drug-likeness (QED) is 0.678. The third-order valence-electron chi connectivity index (χ3n) is 4.66. The monoisotopic (exact) mass is 430 g/mol. The molecule has 0 spiro atoms. The van der Waals surface area contributed by atoms with Crippen LogP contribution in [-0.2, 0) is 6.54 Å². The lowest BCUT2D eigenvalue weighted by Gasteiger charge is -2.34. The fourth-order valence-corrected chi connectivity index (χ4v) is 3.63. The molecule has 0 N–H and O–H groups in total. The normalized spacial score (nSPS) is 15.2. The Morgan fingerprint density at radius 2 is 1.78 bits per heavy atom. The van der Waals surface area contributed by atoms with E-state index in [0.29, 0.717) is 18.1 Å². The maximum Gasteiger partial charge on any atom is 0.253 e. The average molecular weight is 431 g/mol. The lowest BCUT2D eigenvalue weighted by atomic mass is 10.1. The van der Waals surface area contributed by atoms with Crippen LogP contribution in [0, 0.1) is 5.92 Å². The molecule has 5 heteroatoms. The summed E-state index contributed by atoms with van der Waals surface area (Å²) >= 11 is 3.53. The molecule has 0 radical (unpaired) electrons. The maximum absolute atomic E-state index is 12.8. The van der Waals surface area contributed by atoms with Crippen molar-refractivity contribution < 1.29 is 9.53 Å². The Morgan fingerprint density at radius 1 is 1.07 bits per heavy atom. The Balaban J connectivity index is 1.55. The minimum atomic E-state index is 0.0884. The van der Waals surface area contributed by atoms with Crippen LogP contribution >= 0.6 is 15.9 Å². The third-order valence-corrected chi connectivity index (χ3v) is 5.28. The fourth-order valence-electron chi connectivity index (χ4n) is 3.14. The zero-order chi connectivity index (χ0) is 19.2. The van der Waals surface area contributed by atoms with Crippen molar-refractivity contribution >= 4 is 21.8 Å². The van der Waals surface area contributed by atoms with Gasteiger partial charge in [0.2, 0.25) is 0 Å². The van der Waals surface area contributed by atoms with Crippen molar-refractivity contribution in [3.63, 3.8) is 0 Å². The number of piperazine rings is 1. The van der Waals surface area contributed by atoms with E-state index in [1.807, 2.05) is 29.2 Å². The van der Waals surface area contributed by atoms with Gasteiger partial charge in [-0.05, 0) is 45.6 Å². The highest BCUT2D eigenvalue weighted by atomic mass is 79.9. The molecule has 27 heavy (non-hydrogen) atoms. The van der Waals surface area contributed by atoms with E-state index in [2.05, 4.69) is 58.9 Å². The molecule has 2 aromatic rings. The summed E-state index contributed by atoms with van der Waals surface area (Å²) in [6.45, 7) is 9.15. The van der Waals surface area contributed by atoms with Gasteiger partial charge < -0.3 is 9.64 Å². The fraction of sp³-hybridized carbons (Fsp3) is 0.409. The van der Waals surface area contributed by atoms with Crippen molar-refractivity contribution in [2.24, 2.45) is 5.92 Å². The Hall–Kier alpha value is -1.85. The molecule has 0 atom stereocenters. The van der Waals surface area contributed by atoms with E-state index in [4.69, 9.17) is 4.74 Å². The second-order valence-corrected chi connectivity index (χ2v) is 8.26. The first-order valence-corrected chi connectivity index (χ1v) is 10.3. The lowest BCUT2D eigenvalue weighted by Crippen LogP contribution is -2.48. The predicted octanol–water partition coefficient (Wildman–Crippen LogP) is 4.44. The molecular weight excluding hydrogens is 404 g/mol. The van der Waals surface area contributed by atoms with Crippen molar-refractivity contribution in [1.82, 2.24) is 9.80 Å². The zero-order valence-electron chi connectivity index (χ0n) is 16.0. The minimum absolute atomic E-state index is 0.0884. The van der Waals surface area contributed by atoms with Crippen LogP contribution in [0.25, 0.3) is 0 Å². The van der Waals surface area contributed by atoms with Crippen LogP contribution in [0.5, 0.6) is 5.75 Å². The molecule has 1 amide bonds. The topological polar surface area (TPSA) is 32.8 Å². The Bertz CT molecular complexity index is 756. The van der Waals surface area contributed by atoms with Gasteiger partial charge in [0.25, 0.3) is 5.91 Å². The molecule has 0 saturated carbocycles. The summed E-state index contributed by atoms with van der Waals surface area (Å²) in [4.78, 5) is 17.2. The number of rotatable bonds is 6.